The number of carboxylic acid groups (broad SMARTS) is 2. The fourth-order valence-corrected chi connectivity index (χ4v) is 0.440. The predicted molar refractivity (Wildman–Crippen MR) is 31.8 cm³/mol. The van der Waals surface area contributed by atoms with Crippen molar-refractivity contribution < 1.29 is 24.8 Å². The molecule has 0 aromatic carbocycles. The second kappa shape index (κ2) is 6.31. The third-order valence-corrected chi connectivity index (χ3v) is 0.789. The van der Waals surface area contributed by atoms with Crippen molar-refractivity contribution in [2.45, 2.75) is 12.8 Å². The van der Waals surface area contributed by atoms with Crippen LogP contribution in [0.5, 0.6) is 0 Å². The van der Waals surface area contributed by atoms with Gasteiger partial charge in [0.15, 0.2) is 0 Å². The molecule has 0 amide bonds. The molecule has 60 valence electrons. The van der Waals surface area contributed by atoms with E-state index >= 15 is 0 Å². The zero-order valence-corrected chi connectivity index (χ0v) is 5.45. The summed E-state index contributed by atoms with van der Waals surface area (Å²) in [5.74, 6) is 0. The number of carbonyl (C=O) groups is 1. The van der Waals surface area contributed by atoms with E-state index in [9.17, 15) is 0 Å². The Hall–Kier alpha value is -0.810. The molecule has 1 aliphatic heterocycles. The maximum atomic E-state index is 8.56. The molecule has 10 heavy (non-hydrogen) atoms. The molecule has 0 spiro atoms. The normalized spacial score (nSPS) is 16.8. The Balaban J connectivity index is 0.000000180. The minimum absolute atomic E-state index is 0.778. The first-order chi connectivity index (χ1) is 4.73. The van der Waals surface area contributed by atoms with Gasteiger partial charge in [-0.15, -0.1) is 0 Å². The van der Waals surface area contributed by atoms with Gasteiger partial charge in [0.2, 0.25) is 0 Å². The van der Waals surface area contributed by atoms with E-state index in [0.29, 0.717) is 0 Å². The number of rotatable bonds is 0. The van der Waals surface area contributed by atoms with E-state index < -0.39 is 6.16 Å². The van der Waals surface area contributed by atoms with Gasteiger partial charge in [-0.05, 0) is 12.8 Å². The van der Waals surface area contributed by atoms with Crippen LogP contribution >= 0.6 is 0 Å². The topological polar surface area (TPSA) is 76.0 Å². The molecule has 0 atom stereocenters. The van der Waals surface area contributed by atoms with Crippen molar-refractivity contribution in [3.63, 3.8) is 0 Å². The molecule has 5 nitrogen and oxygen atoms in total. The van der Waals surface area contributed by atoms with Gasteiger partial charge in [-0.25, -0.2) is 14.6 Å². The first-order valence-corrected chi connectivity index (χ1v) is 2.90. The summed E-state index contributed by atoms with van der Waals surface area (Å²) in [6, 6.07) is 0. The summed E-state index contributed by atoms with van der Waals surface area (Å²) in [6.45, 7) is 1.56. The Morgan fingerprint density at radius 3 is 1.50 bits per heavy atom. The molecule has 1 heterocycles. The summed E-state index contributed by atoms with van der Waals surface area (Å²) in [4.78, 5) is 17.7. The van der Waals surface area contributed by atoms with E-state index in [1.165, 1.54) is 0 Å². The van der Waals surface area contributed by atoms with Crippen LogP contribution in [-0.2, 0) is 9.78 Å². The molecule has 1 aliphatic rings. The zero-order valence-electron chi connectivity index (χ0n) is 5.45. The second-order valence-corrected chi connectivity index (χ2v) is 1.63. The van der Waals surface area contributed by atoms with E-state index in [1.807, 2.05) is 0 Å². The number of hydrogen-bond donors (Lipinski definition) is 2. The van der Waals surface area contributed by atoms with Crippen molar-refractivity contribution in [1.29, 1.82) is 0 Å². The molecule has 0 aromatic rings. The van der Waals surface area contributed by atoms with Crippen LogP contribution < -0.4 is 0 Å². The average Bonchev–Trinajstić information content (AvgIpc) is 1.90. The van der Waals surface area contributed by atoms with Crippen molar-refractivity contribution in [3.8, 4) is 0 Å². The highest BCUT2D eigenvalue weighted by Crippen LogP contribution is 1.97. The summed E-state index contributed by atoms with van der Waals surface area (Å²) < 4.78 is 0. The molecular formula is C5H10O5. The first-order valence-electron chi connectivity index (χ1n) is 2.90. The van der Waals surface area contributed by atoms with Gasteiger partial charge in [0, 0.05) is 0 Å². The molecule has 0 aliphatic carbocycles. The van der Waals surface area contributed by atoms with E-state index in [-0.39, 0.29) is 0 Å². The van der Waals surface area contributed by atoms with Crippen LogP contribution in [0.1, 0.15) is 12.8 Å². The van der Waals surface area contributed by atoms with Crippen LogP contribution in [-0.4, -0.2) is 29.6 Å². The van der Waals surface area contributed by atoms with Crippen LogP contribution in [0.15, 0.2) is 0 Å². The summed E-state index contributed by atoms with van der Waals surface area (Å²) in [5, 5.41) is 13.9. The molecule has 1 rings (SSSR count). The smallest absolute Gasteiger partial charge is 0.450 e. The maximum absolute atomic E-state index is 8.56. The van der Waals surface area contributed by atoms with Crippen LogP contribution in [0.4, 0.5) is 4.79 Å². The van der Waals surface area contributed by atoms with E-state index in [0.717, 1.165) is 26.1 Å². The van der Waals surface area contributed by atoms with E-state index in [1.54, 1.807) is 0 Å². The lowest BCUT2D eigenvalue weighted by molar-refractivity contribution is -0.312. The Labute approximate surface area is 58.1 Å². The van der Waals surface area contributed by atoms with Crippen molar-refractivity contribution in [2.75, 3.05) is 13.2 Å². The average molecular weight is 150 g/mol. The van der Waals surface area contributed by atoms with E-state index in [4.69, 9.17) is 15.0 Å². The lowest BCUT2D eigenvalue weighted by Crippen LogP contribution is -2.05. The minimum Gasteiger partial charge on any atom is -0.450 e. The van der Waals surface area contributed by atoms with E-state index in [2.05, 4.69) is 9.78 Å². The molecule has 0 saturated carbocycles. The van der Waals surface area contributed by atoms with Crippen LogP contribution in [0.25, 0.3) is 0 Å². The molecular weight excluding hydrogens is 140 g/mol. The standard InChI is InChI=1S/C4H8O2.CH2O3/c1-2-4-6-5-3-1;2-1(3)4/h1-4H2;(H2,2,3,4). The van der Waals surface area contributed by atoms with Crippen molar-refractivity contribution >= 4 is 6.16 Å². The maximum Gasteiger partial charge on any atom is 0.503 e. The fourth-order valence-electron chi connectivity index (χ4n) is 0.440. The summed E-state index contributed by atoms with van der Waals surface area (Å²) in [6.07, 6.45) is 0.472. The zero-order chi connectivity index (χ0) is 7.82. The summed E-state index contributed by atoms with van der Waals surface area (Å²) in [5.41, 5.74) is 0. The lowest BCUT2D eigenvalue weighted by atomic mass is 10.3. The SMILES string of the molecule is C1CCOOC1.O=C(O)O. The van der Waals surface area contributed by atoms with Crippen molar-refractivity contribution in [2.24, 2.45) is 0 Å². The molecule has 2 N–H and O–H groups in total. The largest absolute Gasteiger partial charge is 0.503 e. The summed E-state index contributed by atoms with van der Waals surface area (Å²) >= 11 is 0. The molecule has 0 radical (unpaired) electrons. The lowest BCUT2D eigenvalue weighted by Gasteiger charge is -2.07. The molecule has 0 aromatic heterocycles. The highest BCUT2D eigenvalue weighted by atomic mass is 17.2. The molecule has 1 fully saturated rings. The van der Waals surface area contributed by atoms with Gasteiger partial charge in [0.05, 0.1) is 13.2 Å². The predicted octanol–water partition coefficient (Wildman–Crippen LogP) is 0.951. The number of hydrogen-bond acceptors (Lipinski definition) is 3. The monoisotopic (exact) mass is 150 g/mol. The molecule has 5 heteroatoms. The van der Waals surface area contributed by atoms with Gasteiger partial charge in [-0.1, -0.05) is 0 Å². The van der Waals surface area contributed by atoms with Crippen LogP contribution in [0, 0.1) is 0 Å². The third kappa shape index (κ3) is 10.2. The molecule has 0 bridgehead atoms. The van der Waals surface area contributed by atoms with Gasteiger partial charge < -0.3 is 10.2 Å². The first kappa shape index (κ1) is 9.19. The van der Waals surface area contributed by atoms with Gasteiger partial charge in [0.1, 0.15) is 0 Å². The van der Waals surface area contributed by atoms with Gasteiger partial charge in [-0.2, -0.15) is 0 Å². The van der Waals surface area contributed by atoms with Gasteiger partial charge in [-0.3, -0.25) is 0 Å². The van der Waals surface area contributed by atoms with Gasteiger partial charge in [0.25, 0.3) is 0 Å². The van der Waals surface area contributed by atoms with Gasteiger partial charge >= 0.3 is 6.16 Å². The Morgan fingerprint density at radius 2 is 1.40 bits per heavy atom. The third-order valence-electron chi connectivity index (χ3n) is 0.789. The molecule has 0 unspecified atom stereocenters. The Kier molecular flexibility index (Phi) is 5.80. The minimum atomic E-state index is -1.83. The van der Waals surface area contributed by atoms with Crippen molar-refractivity contribution in [1.82, 2.24) is 0 Å². The fraction of sp³-hybridized carbons (Fsp3) is 0.800. The Morgan fingerprint density at radius 1 is 1.10 bits per heavy atom. The quantitative estimate of drug-likeness (QED) is 0.503. The second-order valence-electron chi connectivity index (χ2n) is 1.63. The highest BCUT2D eigenvalue weighted by molar-refractivity contribution is 5.53. The van der Waals surface area contributed by atoms with Crippen LogP contribution in [0.2, 0.25) is 0 Å². The highest BCUT2D eigenvalue weighted by Gasteiger charge is 1.95. The Bertz CT molecular complexity index is 72.5. The summed E-state index contributed by atoms with van der Waals surface area (Å²) in [7, 11) is 0. The van der Waals surface area contributed by atoms with Crippen molar-refractivity contribution in [3.05, 3.63) is 0 Å². The molecule has 1 saturated heterocycles. The van der Waals surface area contributed by atoms with Crippen LogP contribution in [0.3, 0.4) is 0 Å².